The number of rotatable bonds is 11. The summed E-state index contributed by atoms with van der Waals surface area (Å²) in [5.74, 6) is 6.04. The zero-order valence-electron chi connectivity index (χ0n) is 16.8. The molecule has 2 amide bonds. The number of para-hydroxylation sites is 1. The maximum Gasteiger partial charge on any atom is 0.237 e. The minimum Gasteiger partial charge on any atom is -0.493 e. The number of carbonyl (C=O) groups is 2. The van der Waals surface area contributed by atoms with Crippen LogP contribution in [-0.2, 0) is 16.1 Å². The number of ether oxygens (including phenoxy) is 2. The third-order valence-electron chi connectivity index (χ3n) is 4.88. The van der Waals surface area contributed by atoms with Crippen LogP contribution in [-0.4, -0.2) is 49.6 Å². The highest BCUT2D eigenvalue weighted by Gasteiger charge is 2.32. The fourth-order valence-electron chi connectivity index (χ4n) is 3.34. The molecule has 0 aromatic heterocycles. The third kappa shape index (κ3) is 6.10. The lowest BCUT2D eigenvalue weighted by molar-refractivity contribution is -0.134. The van der Waals surface area contributed by atoms with Gasteiger partial charge in [0.2, 0.25) is 11.8 Å². The van der Waals surface area contributed by atoms with Gasteiger partial charge >= 0.3 is 0 Å². The van der Waals surface area contributed by atoms with Gasteiger partial charge in [0.15, 0.2) is 11.5 Å². The fraction of sp³-hybridized carbons (Fsp3) is 0.600. The van der Waals surface area contributed by atoms with Crippen LogP contribution in [0.5, 0.6) is 11.5 Å². The van der Waals surface area contributed by atoms with Crippen LogP contribution in [0, 0.1) is 0 Å². The molecule has 0 radical (unpaired) electrons. The summed E-state index contributed by atoms with van der Waals surface area (Å²) >= 11 is 0. The van der Waals surface area contributed by atoms with Crippen LogP contribution in [0.1, 0.15) is 44.6 Å². The van der Waals surface area contributed by atoms with Gasteiger partial charge in [-0.2, -0.15) is 0 Å². The Hall–Kier alpha value is -2.32. The molecule has 8 heteroatoms. The average Bonchev–Trinajstić information content (AvgIpc) is 2.70. The molecule has 8 nitrogen and oxygen atoms in total. The summed E-state index contributed by atoms with van der Waals surface area (Å²) in [6, 6.07) is 5.17. The van der Waals surface area contributed by atoms with Crippen molar-refractivity contribution in [1.82, 2.24) is 15.6 Å². The predicted molar refractivity (Wildman–Crippen MR) is 107 cm³/mol. The van der Waals surface area contributed by atoms with E-state index in [1.54, 1.807) is 7.11 Å². The van der Waals surface area contributed by atoms with Crippen molar-refractivity contribution in [3.05, 3.63) is 23.8 Å². The number of methoxy groups -OCH3 is 1. The zero-order valence-corrected chi connectivity index (χ0v) is 16.8. The minimum atomic E-state index is -0.569. The van der Waals surface area contributed by atoms with Crippen LogP contribution >= 0.6 is 0 Å². The number of nitrogens with two attached hydrogens (primary N) is 1. The Balaban J connectivity index is 2.13. The first-order valence-electron chi connectivity index (χ1n) is 9.90. The normalized spacial score (nSPS) is 17.1. The minimum absolute atomic E-state index is 0.0134. The highest BCUT2D eigenvalue weighted by atomic mass is 16.5. The van der Waals surface area contributed by atoms with Crippen LogP contribution in [0.15, 0.2) is 18.2 Å². The molecule has 1 fully saturated rings. The maximum absolute atomic E-state index is 12.3. The first kappa shape index (κ1) is 22.0. The molecule has 2 rings (SSSR count). The molecule has 156 valence electrons. The average molecular weight is 393 g/mol. The monoisotopic (exact) mass is 392 g/mol. The number of unbranched alkanes of at least 4 members (excludes halogenated alkanes) is 3. The summed E-state index contributed by atoms with van der Waals surface area (Å²) in [7, 11) is 1.62. The lowest BCUT2D eigenvalue weighted by Crippen LogP contribution is -2.56. The SMILES string of the molecule is CCCCCCOc1c(CN2CCNC(=O)C2CC(=O)NN)cccc1OC. The molecule has 1 atom stereocenters. The topological polar surface area (TPSA) is 106 Å². The Morgan fingerprint density at radius 1 is 1.36 bits per heavy atom. The molecular formula is C20H32N4O4. The van der Waals surface area contributed by atoms with Crippen LogP contribution < -0.4 is 26.1 Å². The standard InChI is InChI=1S/C20H32N4O4/c1-3-4-5-6-12-28-19-15(8-7-9-17(19)27-2)14-24-11-10-22-20(26)16(24)13-18(25)23-21/h7-9,16H,3-6,10-14,21H2,1-2H3,(H,22,26)(H,23,25). The van der Waals surface area contributed by atoms with E-state index in [-0.39, 0.29) is 18.2 Å². The highest BCUT2D eigenvalue weighted by molar-refractivity contribution is 5.88. The van der Waals surface area contributed by atoms with E-state index in [9.17, 15) is 9.59 Å². The molecule has 1 aromatic rings. The zero-order chi connectivity index (χ0) is 20.4. The molecular weight excluding hydrogens is 360 g/mol. The van der Waals surface area contributed by atoms with Crippen molar-refractivity contribution in [2.75, 3.05) is 26.8 Å². The molecule has 1 aliphatic heterocycles. The van der Waals surface area contributed by atoms with Gasteiger partial charge in [-0.1, -0.05) is 38.3 Å². The summed E-state index contributed by atoms with van der Waals surface area (Å²) in [6.07, 6.45) is 4.49. The van der Waals surface area contributed by atoms with Crippen LogP contribution in [0.2, 0.25) is 0 Å². The highest BCUT2D eigenvalue weighted by Crippen LogP contribution is 2.33. The Bertz CT molecular complexity index is 653. The third-order valence-corrected chi connectivity index (χ3v) is 4.88. The van der Waals surface area contributed by atoms with E-state index >= 15 is 0 Å². The maximum atomic E-state index is 12.3. The summed E-state index contributed by atoms with van der Waals surface area (Å²) in [5.41, 5.74) is 3.03. The second-order valence-corrected chi connectivity index (χ2v) is 6.91. The quantitative estimate of drug-likeness (QED) is 0.227. The van der Waals surface area contributed by atoms with E-state index in [0.29, 0.717) is 37.7 Å². The first-order valence-corrected chi connectivity index (χ1v) is 9.90. The Morgan fingerprint density at radius 3 is 2.89 bits per heavy atom. The van der Waals surface area contributed by atoms with Crippen molar-refractivity contribution in [3.8, 4) is 11.5 Å². The molecule has 1 aromatic carbocycles. The summed E-state index contributed by atoms with van der Waals surface area (Å²) < 4.78 is 11.5. The van der Waals surface area contributed by atoms with Gasteiger partial charge in [0.05, 0.1) is 26.2 Å². The molecule has 1 unspecified atom stereocenters. The number of carbonyl (C=O) groups excluding carboxylic acids is 2. The van der Waals surface area contributed by atoms with E-state index in [2.05, 4.69) is 17.7 Å². The summed E-state index contributed by atoms with van der Waals surface area (Å²) in [5, 5.41) is 2.81. The van der Waals surface area contributed by atoms with Crippen molar-refractivity contribution >= 4 is 11.8 Å². The second kappa shape index (κ2) is 11.5. The Kier molecular flexibility index (Phi) is 9.03. The van der Waals surface area contributed by atoms with Crippen LogP contribution in [0.3, 0.4) is 0 Å². The number of hydrogen-bond acceptors (Lipinski definition) is 6. The molecule has 0 saturated carbocycles. The van der Waals surface area contributed by atoms with Crippen molar-refractivity contribution in [2.45, 2.75) is 51.6 Å². The van der Waals surface area contributed by atoms with E-state index < -0.39 is 6.04 Å². The lowest BCUT2D eigenvalue weighted by atomic mass is 10.1. The largest absolute Gasteiger partial charge is 0.493 e. The number of nitrogens with one attached hydrogen (secondary N) is 2. The van der Waals surface area contributed by atoms with Gasteiger partial charge in [-0.25, -0.2) is 5.84 Å². The van der Waals surface area contributed by atoms with Gasteiger partial charge in [0.1, 0.15) is 0 Å². The van der Waals surface area contributed by atoms with E-state index in [1.807, 2.05) is 23.1 Å². The molecule has 4 N–H and O–H groups in total. The predicted octanol–water partition coefficient (Wildman–Crippen LogP) is 1.33. The lowest BCUT2D eigenvalue weighted by Gasteiger charge is -2.35. The number of amides is 2. The number of hydrazine groups is 1. The van der Waals surface area contributed by atoms with Gasteiger partial charge < -0.3 is 14.8 Å². The van der Waals surface area contributed by atoms with Crippen LogP contribution in [0.25, 0.3) is 0 Å². The van der Waals surface area contributed by atoms with Gasteiger partial charge in [-0.15, -0.1) is 0 Å². The van der Waals surface area contributed by atoms with Crippen molar-refractivity contribution in [1.29, 1.82) is 0 Å². The van der Waals surface area contributed by atoms with Crippen LogP contribution in [0.4, 0.5) is 0 Å². The molecule has 0 bridgehead atoms. The van der Waals surface area contributed by atoms with Crippen molar-refractivity contribution in [3.63, 3.8) is 0 Å². The smallest absolute Gasteiger partial charge is 0.237 e. The fourth-order valence-corrected chi connectivity index (χ4v) is 3.34. The number of piperazine rings is 1. The summed E-state index contributed by atoms with van der Waals surface area (Å²) in [4.78, 5) is 26.0. The molecule has 1 heterocycles. The number of hydrogen-bond donors (Lipinski definition) is 3. The second-order valence-electron chi connectivity index (χ2n) is 6.91. The van der Waals surface area contributed by atoms with Gasteiger partial charge in [0.25, 0.3) is 0 Å². The summed E-state index contributed by atoms with van der Waals surface area (Å²) in [6.45, 7) is 4.46. The Morgan fingerprint density at radius 2 is 2.18 bits per heavy atom. The van der Waals surface area contributed by atoms with Gasteiger partial charge in [0, 0.05) is 25.2 Å². The number of nitrogens with zero attached hydrogens (tertiary/aromatic N) is 1. The van der Waals surface area contributed by atoms with Crippen molar-refractivity contribution in [2.24, 2.45) is 5.84 Å². The van der Waals surface area contributed by atoms with E-state index in [1.165, 1.54) is 12.8 Å². The van der Waals surface area contributed by atoms with E-state index in [4.69, 9.17) is 15.3 Å². The number of benzene rings is 1. The van der Waals surface area contributed by atoms with Gasteiger partial charge in [-0.05, 0) is 12.5 Å². The molecule has 0 spiro atoms. The van der Waals surface area contributed by atoms with Gasteiger partial charge in [-0.3, -0.25) is 19.9 Å². The first-order chi connectivity index (χ1) is 13.6. The Labute approximate surface area is 166 Å². The van der Waals surface area contributed by atoms with Crippen molar-refractivity contribution < 1.29 is 19.1 Å². The molecule has 1 aliphatic rings. The molecule has 1 saturated heterocycles. The molecule has 28 heavy (non-hydrogen) atoms. The molecule has 0 aliphatic carbocycles. The van der Waals surface area contributed by atoms with E-state index in [0.717, 1.165) is 18.4 Å².